The van der Waals surface area contributed by atoms with E-state index in [0.717, 1.165) is 6.04 Å². The summed E-state index contributed by atoms with van der Waals surface area (Å²) in [7, 11) is 0. The van der Waals surface area contributed by atoms with Gasteiger partial charge in [-0.3, -0.25) is 0 Å². The molecule has 1 aliphatic rings. The predicted octanol–water partition coefficient (Wildman–Crippen LogP) is 1.58. The lowest BCUT2D eigenvalue weighted by Crippen LogP contribution is -2.76. The van der Waals surface area contributed by atoms with Gasteiger partial charge in [0.2, 0.25) is 0 Å². The molecule has 1 fully saturated rings. The van der Waals surface area contributed by atoms with Crippen LogP contribution in [0.15, 0.2) is 17.5 Å². The molecule has 0 unspecified atom stereocenters. The second-order valence-electron chi connectivity index (χ2n) is 3.66. The third-order valence-corrected chi connectivity index (χ3v) is 3.43. The molecular formula is C11H16NS+. The van der Waals surface area contributed by atoms with Crippen LogP contribution in [0.25, 0.3) is 0 Å². The van der Waals surface area contributed by atoms with Crippen molar-refractivity contribution in [1.29, 1.82) is 0 Å². The van der Waals surface area contributed by atoms with Gasteiger partial charge in [0.05, 0.1) is 4.88 Å². The van der Waals surface area contributed by atoms with E-state index in [1.54, 1.807) is 11.3 Å². The van der Waals surface area contributed by atoms with Gasteiger partial charge in [0.25, 0.3) is 0 Å². The van der Waals surface area contributed by atoms with Crippen LogP contribution < -0.4 is 4.99 Å². The maximum atomic E-state index is 3.51. The summed E-state index contributed by atoms with van der Waals surface area (Å²) in [6, 6.07) is 4.98. The van der Waals surface area contributed by atoms with Gasteiger partial charge in [-0.2, -0.15) is 0 Å². The van der Waals surface area contributed by atoms with Crippen LogP contribution in [0.1, 0.15) is 37.0 Å². The minimum atomic E-state index is 0.732. The van der Waals surface area contributed by atoms with Crippen molar-refractivity contribution in [2.24, 2.45) is 0 Å². The zero-order chi connectivity index (χ0) is 8.93. The van der Waals surface area contributed by atoms with E-state index in [1.807, 2.05) is 0 Å². The SMILES string of the molecule is C(=[NH+]C1CCCCC1)c1cccs1. The van der Waals surface area contributed by atoms with Crippen molar-refractivity contribution in [3.05, 3.63) is 22.4 Å². The summed E-state index contributed by atoms with van der Waals surface area (Å²) in [5, 5.41) is 2.12. The molecule has 1 aromatic rings. The van der Waals surface area contributed by atoms with Gasteiger partial charge in [-0.15, -0.1) is 11.3 Å². The molecule has 0 radical (unpaired) electrons. The molecule has 0 spiro atoms. The molecule has 13 heavy (non-hydrogen) atoms. The average molecular weight is 194 g/mol. The smallest absolute Gasteiger partial charge is 0.179 e. The number of nitrogens with one attached hydrogen (secondary N) is 1. The maximum absolute atomic E-state index is 3.51. The Morgan fingerprint density at radius 2 is 2.15 bits per heavy atom. The van der Waals surface area contributed by atoms with Gasteiger partial charge in [0.15, 0.2) is 12.3 Å². The Morgan fingerprint density at radius 3 is 2.85 bits per heavy atom. The zero-order valence-corrected chi connectivity index (χ0v) is 8.65. The minimum Gasteiger partial charge on any atom is -0.244 e. The van der Waals surface area contributed by atoms with Crippen LogP contribution in [0.4, 0.5) is 0 Å². The average Bonchev–Trinajstić information content (AvgIpc) is 2.69. The highest BCUT2D eigenvalue weighted by Gasteiger charge is 2.15. The van der Waals surface area contributed by atoms with E-state index in [-0.39, 0.29) is 0 Å². The summed E-state index contributed by atoms with van der Waals surface area (Å²) in [6.45, 7) is 0. The molecule has 1 N–H and O–H groups in total. The molecule has 1 aliphatic carbocycles. The Morgan fingerprint density at radius 1 is 1.31 bits per heavy atom. The summed E-state index contributed by atoms with van der Waals surface area (Å²) >= 11 is 1.79. The van der Waals surface area contributed by atoms with Gasteiger partial charge in [0, 0.05) is 12.8 Å². The van der Waals surface area contributed by atoms with Crippen LogP contribution in [0, 0.1) is 0 Å². The van der Waals surface area contributed by atoms with Crippen LogP contribution in [-0.2, 0) is 0 Å². The molecule has 1 aromatic heterocycles. The second kappa shape index (κ2) is 4.56. The van der Waals surface area contributed by atoms with Gasteiger partial charge < -0.3 is 0 Å². The molecule has 2 heteroatoms. The first-order valence-electron chi connectivity index (χ1n) is 5.08. The van der Waals surface area contributed by atoms with Crippen molar-refractivity contribution >= 4 is 17.6 Å². The quantitative estimate of drug-likeness (QED) is 0.687. The van der Waals surface area contributed by atoms with E-state index in [2.05, 4.69) is 28.7 Å². The number of rotatable bonds is 2. The van der Waals surface area contributed by atoms with E-state index < -0.39 is 0 Å². The lowest BCUT2D eigenvalue weighted by molar-refractivity contribution is -0.502. The summed E-state index contributed by atoms with van der Waals surface area (Å²) in [4.78, 5) is 4.85. The topological polar surface area (TPSA) is 14.0 Å². The number of hydrogen-bond donors (Lipinski definition) is 1. The zero-order valence-electron chi connectivity index (χ0n) is 7.83. The summed E-state index contributed by atoms with van der Waals surface area (Å²) in [6.07, 6.45) is 9.09. The first-order chi connectivity index (χ1) is 6.45. The van der Waals surface area contributed by atoms with E-state index >= 15 is 0 Å². The highest BCUT2D eigenvalue weighted by molar-refractivity contribution is 7.11. The fourth-order valence-corrected chi connectivity index (χ4v) is 2.45. The van der Waals surface area contributed by atoms with Crippen LogP contribution >= 0.6 is 11.3 Å². The van der Waals surface area contributed by atoms with Crippen LogP contribution in [0.3, 0.4) is 0 Å². The lowest BCUT2D eigenvalue weighted by Gasteiger charge is -2.12. The fraction of sp³-hybridized carbons (Fsp3) is 0.545. The lowest BCUT2D eigenvalue weighted by atomic mass is 9.96. The number of hydrogen-bond acceptors (Lipinski definition) is 1. The van der Waals surface area contributed by atoms with Crippen molar-refractivity contribution in [3.63, 3.8) is 0 Å². The van der Waals surface area contributed by atoms with Crippen molar-refractivity contribution in [2.75, 3.05) is 0 Å². The first-order valence-corrected chi connectivity index (χ1v) is 5.96. The normalized spacial score (nSPS) is 19.7. The fourth-order valence-electron chi connectivity index (χ4n) is 1.84. The monoisotopic (exact) mass is 194 g/mol. The largest absolute Gasteiger partial charge is 0.244 e. The highest BCUT2D eigenvalue weighted by atomic mass is 32.1. The maximum Gasteiger partial charge on any atom is 0.179 e. The standard InChI is InChI=1S/C11H15NS/c1-2-5-10(6-3-1)12-9-11-7-4-8-13-11/h4,7-10H,1-3,5-6H2/p+1. The Labute approximate surface area is 83.5 Å². The molecule has 0 saturated heterocycles. The molecular weight excluding hydrogens is 178 g/mol. The molecule has 70 valence electrons. The number of thiophene rings is 1. The predicted molar refractivity (Wildman–Crippen MR) is 57.3 cm³/mol. The minimum absolute atomic E-state index is 0.732. The van der Waals surface area contributed by atoms with Crippen molar-refractivity contribution in [3.8, 4) is 0 Å². The Bertz CT molecular complexity index is 258. The van der Waals surface area contributed by atoms with Gasteiger partial charge >= 0.3 is 0 Å². The molecule has 1 heterocycles. The Balaban J connectivity index is 1.89. The third-order valence-electron chi connectivity index (χ3n) is 2.61. The molecule has 1 nitrogen and oxygen atoms in total. The van der Waals surface area contributed by atoms with Crippen LogP contribution in [0.2, 0.25) is 0 Å². The molecule has 0 aromatic carbocycles. The van der Waals surface area contributed by atoms with Gasteiger partial charge in [-0.25, -0.2) is 4.99 Å². The van der Waals surface area contributed by atoms with Gasteiger partial charge in [-0.05, 0) is 24.3 Å². The molecule has 2 rings (SSSR count). The van der Waals surface area contributed by atoms with E-state index in [4.69, 9.17) is 0 Å². The molecule has 0 amide bonds. The Kier molecular flexibility index (Phi) is 3.14. The second-order valence-corrected chi connectivity index (χ2v) is 4.64. The van der Waals surface area contributed by atoms with Crippen LogP contribution in [0.5, 0.6) is 0 Å². The highest BCUT2D eigenvalue weighted by Crippen LogP contribution is 2.14. The van der Waals surface area contributed by atoms with E-state index in [0.29, 0.717) is 0 Å². The third kappa shape index (κ3) is 2.66. The Hall–Kier alpha value is -0.630. The van der Waals surface area contributed by atoms with E-state index in [9.17, 15) is 0 Å². The summed E-state index contributed by atoms with van der Waals surface area (Å²) in [5.74, 6) is 0. The van der Waals surface area contributed by atoms with Gasteiger partial charge in [-0.1, -0.05) is 12.5 Å². The van der Waals surface area contributed by atoms with E-state index in [1.165, 1.54) is 37.0 Å². The van der Waals surface area contributed by atoms with Crippen molar-refractivity contribution in [2.45, 2.75) is 38.1 Å². The molecule has 0 bridgehead atoms. The first kappa shape index (κ1) is 8.95. The molecule has 0 atom stereocenters. The molecule has 0 aliphatic heterocycles. The van der Waals surface area contributed by atoms with Gasteiger partial charge in [0.1, 0.15) is 0 Å². The van der Waals surface area contributed by atoms with Crippen molar-refractivity contribution in [1.82, 2.24) is 0 Å². The van der Waals surface area contributed by atoms with Crippen LogP contribution in [-0.4, -0.2) is 12.3 Å². The summed E-state index contributed by atoms with van der Waals surface area (Å²) < 4.78 is 0. The van der Waals surface area contributed by atoms with Crippen molar-refractivity contribution < 1.29 is 4.99 Å². The molecule has 1 saturated carbocycles. The summed E-state index contributed by atoms with van der Waals surface area (Å²) in [5.41, 5.74) is 0.